The van der Waals surface area contributed by atoms with Gasteiger partial charge in [-0.3, -0.25) is 4.90 Å². The number of hydrogen-bond acceptors (Lipinski definition) is 3. The van der Waals surface area contributed by atoms with Gasteiger partial charge < -0.3 is 0 Å². The summed E-state index contributed by atoms with van der Waals surface area (Å²) < 4.78 is 24.9. The summed E-state index contributed by atoms with van der Waals surface area (Å²) in [6.45, 7) is 2.80. The minimum absolute atomic E-state index is 0.133. The third-order valence-corrected chi connectivity index (χ3v) is 6.21. The summed E-state index contributed by atoms with van der Waals surface area (Å²) in [5.74, 6) is 0. The highest BCUT2D eigenvalue weighted by Gasteiger charge is 2.27. The number of benzene rings is 2. The predicted octanol–water partition coefficient (Wildman–Crippen LogP) is 2.70. The maximum Gasteiger partial charge on any atom is 0.211 e. The van der Waals surface area contributed by atoms with E-state index in [0.717, 1.165) is 32.5 Å². The van der Waals surface area contributed by atoms with Gasteiger partial charge in [0.05, 0.1) is 6.26 Å². The molecule has 5 heteroatoms. The van der Waals surface area contributed by atoms with Crippen molar-refractivity contribution in [2.45, 2.75) is 25.4 Å². The van der Waals surface area contributed by atoms with Crippen molar-refractivity contribution in [1.29, 1.82) is 0 Å². The van der Waals surface area contributed by atoms with Gasteiger partial charge in [0.2, 0.25) is 10.0 Å². The molecule has 3 rings (SSSR count). The Morgan fingerprint density at radius 1 is 1.09 bits per heavy atom. The summed E-state index contributed by atoms with van der Waals surface area (Å²) in [5, 5.41) is 2.59. The van der Waals surface area contributed by atoms with E-state index in [-0.39, 0.29) is 6.04 Å². The third-order valence-electron chi connectivity index (χ3n) is 4.87. The van der Waals surface area contributed by atoms with Gasteiger partial charge in [-0.15, -0.1) is 0 Å². The zero-order chi connectivity index (χ0) is 16.4. The maximum absolute atomic E-state index is 11.7. The van der Waals surface area contributed by atoms with Crippen LogP contribution in [0, 0.1) is 0 Å². The lowest BCUT2D eigenvalue weighted by Gasteiger charge is -2.35. The Morgan fingerprint density at radius 2 is 1.74 bits per heavy atom. The Balaban J connectivity index is 1.67. The first-order valence-corrected chi connectivity index (χ1v) is 9.92. The molecule has 0 spiro atoms. The molecule has 0 unspecified atom stereocenters. The van der Waals surface area contributed by atoms with E-state index < -0.39 is 10.0 Å². The Bertz CT molecular complexity index is 775. The molecule has 0 aliphatic carbocycles. The van der Waals surface area contributed by atoms with Crippen molar-refractivity contribution >= 4 is 20.8 Å². The van der Waals surface area contributed by atoms with E-state index in [4.69, 9.17) is 0 Å². The Labute approximate surface area is 138 Å². The molecule has 2 aromatic rings. The van der Waals surface area contributed by atoms with Crippen LogP contribution in [0.15, 0.2) is 42.5 Å². The zero-order valence-corrected chi connectivity index (χ0v) is 14.6. The molecule has 2 aromatic carbocycles. The minimum atomic E-state index is -3.09. The average molecular weight is 332 g/mol. The lowest BCUT2D eigenvalue weighted by molar-refractivity contribution is 0.164. The van der Waals surface area contributed by atoms with Crippen molar-refractivity contribution < 1.29 is 8.42 Å². The molecule has 1 aliphatic heterocycles. The molecule has 0 radical (unpaired) electrons. The Kier molecular flexibility index (Phi) is 4.71. The van der Waals surface area contributed by atoms with E-state index in [1.165, 1.54) is 26.9 Å². The molecule has 0 saturated carbocycles. The van der Waals surface area contributed by atoms with Crippen LogP contribution in [0.1, 0.15) is 18.4 Å². The van der Waals surface area contributed by atoms with Crippen molar-refractivity contribution in [2.24, 2.45) is 0 Å². The highest BCUT2D eigenvalue weighted by Crippen LogP contribution is 2.23. The summed E-state index contributed by atoms with van der Waals surface area (Å²) in [7, 11) is -1.40. The quantitative estimate of drug-likeness (QED) is 0.864. The van der Waals surface area contributed by atoms with Crippen molar-refractivity contribution in [3.05, 3.63) is 48.0 Å². The lowest BCUT2D eigenvalue weighted by Crippen LogP contribution is -2.44. The number of rotatable bonds is 4. The van der Waals surface area contributed by atoms with E-state index in [1.54, 1.807) is 7.05 Å². The van der Waals surface area contributed by atoms with Crippen LogP contribution < -0.4 is 0 Å². The monoisotopic (exact) mass is 332 g/mol. The van der Waals surface area contributed by atoms with Crippen molar-refractivity contribution in [3.8, 4) is 0 Å². The SMILES string of the molecule is CN(C1CCN(Cc2cccc3ccccc23)CC1)S(C)(=O)=O. The molecular weight excluding hydrogens is 308 g/mol. The molecule has 0 amide bonds. The van der Waals surface area contributed by atoms with Gasteiger partial charge in [0, 0.05) is 32.7 Å². The molecule has 4 nitrogen and oxygen atoms in total. The van der Waals surface area contributed by atoms with E-state index in [9.17, 15) is 8.42 Å². The molecule has 0 atom stereocenters. The first kappa shape index (κ1) is 16.4. The number of hydrogen-bond donors (Lipinski definition) is 0. The van der Waals surface area contributed by atoms with Crippen LogP contribution in [0.25, 0.3) is 10.8 Å². The average Bonchev–Trinajstić information content (AvgIpc) is 2.54. The predicted molar refractivity (Wildman–Crippen MR) is 94.9 cm³/mol. The fraction of sp³-hybridized carbons (Fsp3) is 0.444. The molecule has 0 bridgehead atoms. The Hall–Kier alpha value is -1.43. The summed E-state index contributed by atoms with van der Waals surface area (Å²) in [4.78, 5) is 2.42. The van der Waals surface area contributed by atoms with Gasteiger partial charge in [0.25, 0.3) is 0 Å². The molecule has 23 heavy (non-hydrogen) atoms. The van der Waals surface area contributed by atoms with Crippen LogP contribution >= 0.6 is 0 Å². The van der Waals surface area contributed by atoms with Gasteiger partial charge >= 0.3 is 0 Å². The van der Waals surface area contributed by atoms with Crippen LogP contribution in [-0.4, -0.2) is 50.1 Å². The van der Waals surface area contributed by atoms with Crippen LogP contribution in [0.4, 0.5) is 0 Å². The topological polar surface area (TPSA) is 40.6 Å². The van der Waals surface area contributed by atoms with Gasteiger partial charge in [0.1, 0.15) is 0 Å². The van der Waals surface area contributed by atoms with E-state index >= 15 is 0 Å². The Morgan fingerprint density at radius 3 is 2.43 bits per heavy atom. The highest BCUT2D eigenvalue weighted by molar-refractivity contribution is 7.88. The van der Waals surface area contributed by atoms with E-state index in [0.29, 0.717) is 0 Å². The fourth-order valence-electron chi connectivity index (χ4n) is 3.38. The summed E-state index contributed by atoms with van der Waals surface area (Å²) >= 11 is 0. The fourth-order valence-corrected chi connectivity index (χ4v) is 4.14. The number of fused-ring (bicyclic) bond motifs is 1. The molecule has 1 aliphatic rings. The van der Waals surface area contributed by atoms with Crippen molar-refractivity contribution in [2.75, 3.05) is 26.4 Å². The van der Waals surface area contributed by atoms with Crippen molar-refractivity contribution in [1.82, 2.24) is 9.21 Å². The highest BCUT2D eigenvalue weighted by atomic mass is 32.2. The van der Waals surface area contributed by atoms with Crippen LogP contribution in [0.5, 0.6) is 0 Å². The van der Waals surface area contributed by atoms with Crippen molar-refractivity contribution in [3.63, 3.8) is 0 Å². The van der Waals surface area contributed by atoms with Crippen LogP contribution in [-0.2, 0) is 16.6 Å². The molecule has 124 valence electrons. The second-order valence-electron chi connectivity index (χ2n) is 6.42. The summed E-state index contributed by atoms with van der Waals surface area (Å²) in [6, 6.07) is 15.1. The minimum Gasteiger partial charge on any atom is -0.299 e. The molecule has 1 heterocycles. The number of sulfonamides is 1. The smallest absolute Gasteiger partial charge is 0.211 e. The lowest BCUT2D eigenvalue weighted by atomic mass is 10.0. The van der Waals surface area contributed by atoms with E-state index in [2.05, 4.69) is 47.4 Å². The van der Waals surface area contributed by atoms with E-state index in [1.807, 2.05) is 0 Å². The molecule has 0 N–H and O–H groups in total. The molecule has 1 saturated heterocycles. The van der Waals surface area contributed by atoms with Crippen LogP contribution in [0.2, 0.25) is 0 Å². The standard InChI is InChI=1S/C18H24N2O2S/c1-19(23(2,21)22)17-10-12-20(13-11-17)14-16-8-5-7-15-6-3-4-9-18(15)16/h3-9,17H,10-14H2,1-2H3. The molecule has 1 fully saturated rings. The van der Waals surface area contributed by atoms with Gasteiger partial charge in [0.15, 0.2) is 0 Å². The first-order chi connectivity index (χ1) is 10.9. The second kappa shape index (κ2) is 6.59. The van der Waals surface area contributed by atoms with Gasteiger partial charge in [-0.25, -0.2) is 12.7 Å². The number of piperidine rings is 1. The van der Waals surface area contributed by atoms with Gasteiger partial charge in [-0.05, 0) is 29.2 Å². The zero-order valence-electron chi connectivity index (χ0n) is 13.8. The second-order valence-corrected chi connectivity index (χ2v) is 8.47. The molecule has 0 aromatic heterocycles. The normalized spacial score (nSPS) is 17.9. The first-order valence-electron chi connectivity index (χ1n) is 8.07. The number of nitrogens with zero attached hydrogens (tertiary/aromatic N) is 2. The van der Waals surface area contributed by atoms with Gasteiger partial charge in [-0.2, -0.15) is 0 Å². The summed E-state index contributed by atoms with van der Waals surface area (Å²) in [6.07, 6.45) is 3.08. The third kappa shape index (κ3) is 3.74. The van der Waals surface area contributed by atoms with Crippen LogP contribution in [0.3, 0.4) is 0 Å². The summed E-state index contributed by atoms with van der Waals surface area (Å²) in [5.41, 5.74) is 1.35. The largest absolute Gasteiger partial charge is 0.299 e. The molecular formula is C18H24N2O2S. The maximum atomic E-state index is 11.7. The number of likely N-dealkylation sites (tertiary alicyclic amines) is 1. The van der Waals surface area contributed by atoms with Gasteiger partial charge in [-0.1, -0.05) is 42.5 Å².